The van der Waals surface area contributed by atoms with E-state index in [-0.39, 0.29) is 18.0 Å². The molecule has 7 heteroatoms. The molecule has 2 aromatic rings. The van der Waals surface area contributed by atoms with Crippen LogP contribution in [0.2, 0.25) is 5.02 Å². The minimum atomic E-state index is -0.647. The van der Waals surface area contributed by atoms with Crippen molar-refractivity contribution in [3.05, 3.63) is 64.2 Å². The summed E-state index contributed by atoms with van der Waals surface area (Å²) < 4.78 is 26.2. The Bertz CT molecular complexity index is 774. The van der Waals surface area contributed by atoms with Gasteiger partial charge in [-0.25, -0.2) is 13.6 Å². The molecular weight excluding hydrogens is 324 g/mol. The van der Waals surface area contributed by atoms with Crippen LogP contribution in [-0.2, 0) is 6.42 Å². The summed E-state index contributed by atoms with van der Waals surface area (Å²) in [6.45, 7) is 0.179. The van der Waals surface area contributed by atoms with Crippen molar-refractivity contribution >= 4 is 23.3 Å². The van der Waals surface area contributed by atoms with Gasteiger partial charge in [-0.2, -0.15) is 5.26 Å². The van der Waals surface area contributed by atoms with Crippen molar-refractivity contribution in [2.75, 3.05) is 11.9 Å². The highest BCUT2D eigenvalue weighted by molar-refractivity contribution is 6.32. The molecule has 0 heterocycles. The number of anilines is 1. The van der Waals surface area contributed by atoms with Crippen LogP contribution in [0.5, 0.6) is 0 Å². The van der Waals surface area contributed by atoms with E-state index < -0.39 is 17.7 Å². The number of nitrogens with zero attached hydrogens (tertiary/aromatic N) is 1. The Kier molecular flexibility index (Phi) is 5.50. The summed E-state index contributed by atoms with van der Waals surface area (Å²) in [4.78, 5) is 11.7. The lowest BCUT2D eigenvalue weighted by Crippen LogP contribution is -2.30. The third kappa shape index (κ3) is 4.66. The van der Waals surface area contributed by atoms with Crippen LogP contribution in [0.25, 0.3) is 0 Å². The van der Waals surface area contributed by atoms with Gasteiger partial charge in [-0.15, -0.1) is 0 Å². The van der Waals surface area contributed by atoms with Crippen molar-refractivity contribution in [1.29, 1.82) is 5.26 Å². The van der Waals surface area contributed by atoms with Gasteiger partial charge in [-0.3, -0.25) is 0 Å². The van der Waals surface area contributed by atoms with Gasteiger partial charge in [0.1, 0.15) is 17.7 Å². The number of halogens is 3. The monoisotopic (exact) mass is 335 g/mol. The van der Waals surface area contributed by atoms with E-state index in [0.717, 1.165) is 12.1 Å². The lowest BCUT2D eigenvalue weighted by Gasteiger charge is -2.09. The molecule has 0 aliphatic heterocycles. The first-order chi connectivity index (χ1) is 11.0. The fourth-order valence-electron chi connectivity index (χ4n) is 1.89. The number of nitriles is 1. The van der Waals surface area contributed by atoms with E-state index in [1.54, 1.807) is 6.07 Å². The molecule has 0 spiro atoms. The normalized spacial score (nSPS) is 10.0. The van der Waals surface area contributed by atoms with Crippen LogP contribution >= 0.6 is 11.6 Å². The predicted octanol–water partition coefficient (Wildman–Crippen LogP) is 3.85. The van der Waals surface area contributed by atoms with Gasteiger partial charge in [0.15, 0.2) is 0 Å². The van der Waals surface area contributed by atoms with E-state index >= 15 is 0 Å². The Labute approximate surface area is 136 Å². The standard InChI is InChI=1S/C16H12ClF2N3O/c17-14-8-13(4-2-11(14)9-20)22-16(23)21-6-5-10-1-3-12(18)7-15(10)19/h1-4,7-8H,5-6H2,(H2,21,22,23). The molecule has 0 saturated heterocycles. The molecule has 0 unspecified atom stereocenters. The number of benzene rings is 2. The first-order valence-electron chi connectivity index (χ1n) is 6.68. The quantitative estimate of drug-likeness (QED) is 0.891. The summed E-state index contributed by atoms with van der Waals surface area (Å²) in [6, 6.07) is 9.22. The topological polar surface area (TPSA) is 64.9 Å². The van der Waals surface area contributed by atoms with Crippen molar-refractivity contribution in [3.63, 3.8) is 0 Å². The Morgan fingerprint density at radius 1 is 1.22 bits per heavy atom. The fourth-order valence-corrected chi connectivity index (χ4v) is 2.12. The van der Waals surface area contributed by atoms with Gasteiger partial charge in [0.2, 0.25) is 0 Å². The molecule has 2 rings (SSSR count). The second kappa shape index (κ2) is 7.56. The van der Waals surface area contributed by atoms with Gasteiger partial charge in [-0.05, 0) is 36.2 Å². The van der Waals surface area contributed by atoms with Crippen molar-refractivity contribution in [2.24, 2.45) is 0 Å². The van der Waals surface area contributed by atoms with Crippen molar-refractivity contribution in [1.82, 2.24) is 5.32 Å². The molecule has 0 radical (unpaired) electrons. The maximum atomic E-state index is 13.4. The molecule has 0 atom stereocenters. The predicted molar refractivity (Wildman–Crippen MR) is 83.3 cm³/mol. The third-order valence-corrected chi connectivity index (χ3v) is 3.36. The Morgan fingerprint density at radius 3 is 2.65 bits per heavy atom. The number of rotatable bonds is 4. The lowest BCUT2D eigenvalue weighted by atomic mass is 10.1. The lowest BCUT2D eigenvalue weighted by molar-refractivity contribution is 0.252. The zero-order chi connectivity index (χ0) is 16.8. The Morgan fingerprint density at radius 2 is 2.00 bits per heavy atom. The second-order valence-corrected chi connectivity index (χ2v) is 5.08. The molecular formula is C16H12ClF2N3O. The van der Waals surface area contributed by atoms with E-state index in [9.17, 15) is 13.6 Å². The van der Waals surface area contributed by atoms with Crippen LogP contribution in [0, 0.1) is 23.0 Å². The summed E-state index contributed by atoms with van der Waals surface area (Å²) >= 11 is 5.86. The van der Waals surface area contributed by atoms with Crippen LogP contribution in [0.4, 0.5) is 19.3 Å². The average Bonchev–Trinajstić information content (AvgIpc) is 2.49. The molecule has 0 aliphatic carbocycles. The van der Waals surface area contributed by atoms with E-state index in [1.165, 1.54) is 18.2 Å². The van der Waals surface area contributed by atoms with E-state index in [1.807, 2.05) is 6.07 Å². The van der Waals surface area contributed by atoms with E-state index in [0.29, 0.717) is 16.8 Å². The summed E-state index contributed by atoms with van der Waals surface area (Å²) in [5.74, 6) is -1.29. The number of hydrogen-bond acceptors (Lipinski definition) is 2. The number of nitrogens with one attached hydrogen (secondary N) is 2. The smallest absolute Gasteiger partial charge is 0.319 e. The molecule has 2 aromatic carbocycles. The fraction of sp³-hybridized carbons (Fsp3) is 0.125. The largest absolute Gasteiger partial charge is 0.338 e. The molecule has 2 amide bonds. The molecule has 0 fully saturated rings. The highest BCUT2D eigenvalue weighted by Gasteiger charge is 2.07. The molecule has 2 N–H and O–H groups in total. The first-order valence-corrected chi connectivity index (χ1v) is 7.06. The zero-order valence-corrected chi connectivity index (χ0v) is 12.6. The van der Waals surface area contributed by atoms with Gasteiger partial charge in [0.05, 0.1) is 10.6 Å². The Balaban J connectivity index is 1.86. The molecule has 0 bridgehead atoms. The van der Waals surface area contributed by atoms with Gasteiger partial charge >= 0.3 is 6.03 Å². The molecule has 23 heavy (non-hydrogen) atoms. The van der Waals surface area contributed by atoms with Crippen LogP contribution in [0.1, 0.15) is 11.1 Å². The van der Waals surface area contributed by atoms with Gasteiger partial charge in [0.25, 0.3) is 0 Å². The van der Waals surface area contributed by atoms with Crippen LogP contribution < -0.4 is 10.6 Å². The van der Waals surface area contributed by atoms with Crippen molar-refractivity contribution in [3.8, 4) is 6.07 Å². The second-order valence-electron chi connectivity index (χ2n) is 4.67. The van der Waals surface area contributed by atoms with Gasteiger partial charge in [-0.1, -0.05) is 17.7 Å². The summed E-state index contributed by atoms with van der Waals surface area (Å²) in [5, 5.41) is 14.1. The number of hydrogen-bond donors (Lipinski definition) is 2. The molecule has 0 saturated carbocycles. The molecule has 118 valence electrons. The Hall–Kier alpha value is -2.65. The molecule has 0 aliphatic rings. The third-order valence-electron chi connectivity index (χ3n) is 3.04. The number of carbonyl (C=O) groups excluding carboxylic acids is 1. The minimum absolute atomic E-state index is 0.179. The number of amides is 2. The average molecular weight is 336 g/mol. The molecule has 0 aromatic heterocycles. The first kappa shape index (κ1) is 16.7. The highest BCUT2D eigenvalue weighted by Crippen LogP contribution is 2.20. The number of urea groups is 1. The minimum Gasteiger partial charge on any atom is -0.338 e. The zero-order valence-electron chi connectivity index (χ0n) is 11.9. The van der Waals surface area contributed by atoms with Crippen LogP contribution in [0.3, 0.4) is 0 Å². The highest BCUT2D eigenvalue weighted by atomic mass is 35.5. The SMILES string of the molecule is N#Cc1ccc(NC(=O)NCCc2ccc(F)cc2F)cc1Cl. The van der Waals surface area contributed by atoms with Gasteiger partial charge in [0, 0.05) is 18.3 Å². The van der Waals surface area contributed by atoms with Crippen molar-refractivity contribution < 1.29 is 13.6 Å². The van der Waals surface area contributed by atoms with E-state index in [2.05, 4.69) is 10.6 Å². The maximum Gasteiger partial charge on any atom is 0.319 e. The number of carbonyl (C=O) groups is 1. The van der Waals surface area contributed by atoms with Crippen LogP contribution in [-0.4, -0.2) is 12.6 Å². The van der Waals surface area contributed by atoms with E-state index in [4.69, 9.17) is 16.9 Å². The molecule has 4 nitrogen and oxygen atoms in total. The summed E-state index contributed by atoms with van der Waals surface area (Å²) in [5.41, 5.74) is 1.05. The summed E-state index contributed by atoms with van der Waals surface area (Å²) in [6.07, 6.45) is 0.230. The maximum absolute atomic E-state index is 13.4. The van der Waals surface area contributed by atoms with Crippen LogP contribution in [0.15, 0.2) is 36.4 Å². The van der Waals surface area contributed by atoms with Crippen molar-refractivity contribution in [2.45, 2.75) is 6.42 Å². The summed E-state index contributed by atoms with van der Waals surface area (Å²) in [7, 11) is 0. The van der Waals surface area contributed by atoms with Gasteiger partial charge < -0.3 is 10.6 Å².